The summed E-state index contributed by atoms with van der Waals surface area (Å²) in [6, 6.07) is 2.11. The van der Waals surface area contributed by atoms with Crippen molar-refractivity contribution in [2.45, 2.75) is 65.0 Å². The van der Waals surface area contributed by atoms with E-state index in [2.05, 4.69) is 29.2 Å². The maximum Gasteiger partial charge on any atom is 0.239 e. The van der Waals surface area contributed by atoms with Gasteiger partial charge in [0.15, 0.2) is 0 Å². The molecule has 3 rings (SSSR count). The van der Waals surface area contributed by atoms with Crippen LogP contribution in [0, 0.1) is 11.3 Å². The lowest BCUT2D eigenvalue weighted by atomic mass is 9.80. The number of amides is 1. The number of anilines is 1. The van der Waals surface area contributed by atoms with Gasteiger partial charge < -0.3 is 11.1 Å². The van der Waals surface area contributed by atoms with Crippen LogP contribution in [0.3, 0.4) is 0 Å². The molecule has 156 valence electrons. The summed E-state index contributed by atoms with van der Waals surface area (Å²) in [4.78, 5) is 14.7. The Morgan fingerprint density at radius 1 is 1.26 bits per heavy atom. The van der Waals surface area contributed by atoms with Crippen molar-refractivity contribution in [3.05, 3.63) is 12.3 Å². The van der Waals surface area contributed by atoms with Gasteiger partial charge in [0.1, 0.15) is 5.82 Å². The van der Waals surface area contributed by atoms with E-state index in [0.717, 1.165) is 31.9 Å². The Kier molecular flexibility index (Phi) is 9.55. The Balaban J connectivity index is 0.00000182. The number of nitrogens with zero attached hydrogens (tertiary/aromatic N) is 3. The second kappa shape index (κ2) is 10.6. The van der Waals surface area contributed by atoms with E-state index in [4.69, 9.17) is 5.73 Å². The molecule has 1 unspecified atom stereocenters. The fourth-order valence-corrected chi connectivity index (χ4v) is 4.20. The molecule has 0 spiro atoms. The summed E-state index contributed by atoms with van der Waals surface area (Å²) in [6.07, 6.45) is 9.27. The third-order valence-electron chi connectivity index (χ3n) is 5.90. The largest absolute Gasteiger partial charge is 0.327 e. The van der Waals surface area contributed by atoms with Crippen LogP contribution in [0.5, 0.6) is 0 Å². The van der Waals surface area contributed by atoms with Crippen molar-refractivity contribution < 1.29 is 4.79 Å². The lowest BCUT2D eigenvalue weighted by Crippen LogP contribution is -2.53. The average Bonchev–Trinajstić information content (AvgIpc) is 2.98. The minimum atomic E-state index is 0. The second-order valence-electron chi connectivity index (χ2n) is 8.55. The van der Waals surface area contributed by atoms with Crippen molar-refractivity contribution in [3.63, 3.8) is 0 Å². The predicted octanol–water partition coefficient (Wildman–Crippen LogP) is 3.30. The third-order valence-corrected chi connectivity index (χ3v) is 5.90. The van der Waals surface area contributed by atoms with Crippen molar-refractivity contribution in [2.24, 2.45) is 17.1 Å². The van der Waals surface area contributed by atoms with Crippen LogP contribution in [-0.2, 0) is 11.3 Å². The van der Waals surface area contributed by atoms with Gasteiger partial charge in [0, 0.05) is 31.7 Å². The first-order valence-corrected chi connectivity index (χ1v) is 9.73. The van der Waals surface area contributed by atoms with E-state index in [1.165, 1.54) is 32.1 Å². The van der Waals surface area contributed by atoms with Crippen LogP contribution in [0.1, 0.15) is 52.4 Å². The summed E-state index contributed by atoms with van der Waals surface area (Å²) in [7, 11) is 0. The fourth-order valence-electron chi connectivity index (χ4n) is 4.20. The number of likely N-dealkylation sites (tertiary alicyclic amines) is 1. The molecule has 2 fully saturated rings. The highest BCUT2D eigenvalue weighted by atomic mass is 35.5. The van der Waals surface area contributed by atoms with Crippen LogP contribution < -0.4 is 11.1 Å². The summed E-state index contributed by atoms with van der Waals surface area (Å²) in [6.45, 7) is 7.45. The Morgan fingerprint density at radius 3 is 2.63 bits per heavy atom. The first kappa shape index (κ1) is 24.2. The zero-order valence-corrected chi connectivity index (χ0v) is 18.2. The normalized spacial score (nSPS) is 23.1. The highest BCUT2D eigenvalue weighted by Gasteiger charge is 2.34. The molecule has 1 saturated carbocycles. The molecule has 27 heavy (non-hydrogen) atoms. The lowest BCUT2D eigenvalue weighted by molar-refractivity contribution is -0.118. The molecule has 1 aromatic rings. The summed E-state index contributed by atoms with van der Waals surface area (Å²) < 4.78 is 1.96. The monoisotopic (exact) mass is 419 g/mol. The number of nitrogens with one attached hydrogen (secondary N) is 1. The molecule has 2 aliphatic rings. The molecular formula is C19H35Cl2N5O. The number of nitrogens with two attached hydrogens (primary N) is 1. The van der Waals surface area contributed by atoms with Crippen LogP contribution in [0.4, 0.5) is 5.82 Å². The Morgan fingerprint density at radius 2 is 1.96 bits per heavy atom. The van der Waals surface area contributed by atoms with E-state index in [1.54, 1.807) is 6.20 Å². The molecule has 2 heterocycles. The van der Waals surface area contributed by atoms with Gasteiger partial charge in [0.25, 0.3) is 0 Å². The summed E-state index contributed by atoms with van der Waals surface area (Å²) >= 11 is 0. The van der Waals surface area contributed by atoms with E-state index in [0.29, 0.717) is 12.5 Å². The molecule has 1 aliphatic heterocycles. The Hall–Kier alpha value is -0.820. The molecule has 1 atom stereocenters. The number of aromatic nitrogens is 2. The second-order valence-corrected chi connectivity index (χ2v) is 8.55. The molecule has 8 heteroatoms. The zero-order chi connectivity index (χ0) is 17.9. The standard InChI is InChI=1S/C19H33N5O.2ClH/c1-19(2)14-23(11-9-16(19)20)13-18(25)22-17-8-10-21-24(17)12-15-6-4-3-5-7-15;;/h8,10,15-16H,3-7,9,11-14,20H2,1-2H3,(H,22,25);2*1H. The highest BCUT2D eigenvalue weighted by Crippen LogP contribution is 2.28. The average molecular weight is 420 g/mol. The first-order chi connectivity index (χ1) is 11.9. The number of halogens is 2. The van der Waals surface area contributed by atoms with Crippen LogP contribution in [0.25, 0.3) is 0 Å². The van der Waals surface area contributed by atoms with Gasteiger partial charge in [-0.25, -0.2) is 4.68 Å². The molecular weight excluding hydrogens is 385 g/mol. The Bertz CT molecular complexity index is 586. The van der Waals surface area contributed by atoms with E-state index >= 15 is 0 Å². The van der Waals surface area contributed by atoms with Crippen LogP contribution in [-0.4, -0.2) is 46.3 Å². The van der Waals surface area contributed by atoms with E-state index in [9.17, 15) is 4.79 Å². The third kappa shape index (κ3) is 6.63. The topological polar surface area (TPSA) is 76.2 Å². The van der Waals surface area contributed by atoms with Gasteiger partial charge >= 0.3 is 0 Å². The van der Waals surface area contributed by atoms with Gasteiger partial charge in [-0.2, -0.15) is 5.10 Å². The maximum absolute atomic E-state index is 12.5. The maximum atomic E-state index is 12.5. The number of hydrogen-bond acceptors (Lipinski definition) is 4. The van der Waals surface area contributed by atoms with Crippen LogP contribution in [0.2, 0.25) is 0 Å². The van der Waals surface area contributed by atoms with Gasteiger partial charge in [-0.15, -0.1) is 24.8 Å². The number of hydrogen-bond donors (Lipinski definition) is 2. The van der Waals surface area contributed by atoms with Crippen molar-refractivity contribution in [2.75, 3.05) is 25.0 Å². The van der Waals surface area contributed by atoms with Gasteiger partial charge in [0.2, 0.25) is 5.91 Å². The summed E-state index contributed by atoms with van der Waals surface area (Å²) in [5.41, 5.74) is 6.24. The van der Waals surface area contributed by atoms with Crippen LogP contribution in [0.15, 0.2) is 12.3 Å². The van der Waals surface area contributed by atoms with Gasteiger partial charge in [-0.05, 0) is 30.6 Å². The molecule has 0 radical (unpaired) electrons. The number of carbonyl (C=O) groups is 1. The predicted molar refractivity (Wildman–Crippen MR) is 115 cm³/mol. The summed E-state index contributed by atoms with van der Waals surface area (Å²) in [5, 5.41) is 7.47. The molecule has 3 N–H and O–H groups in total. The minimum Gasteiger partial charge on any atom is -0.327 e. The molecule has 6 nitrogen and oxygen atoms in total. The fraction of sp³-hybridized carbons (Fsp3) is 0.789. The zero-order valence-electron chi connectivity index (χ0n) is 16.5. The van der Waals surface area contributed by atoms with Crippen molar-refractivity contribution in [1.82, 2.24) is 14.7 Å². The molecule has 1 amide bonds. The van der Waals surface area contributed by atoms with Gasteiger partial charge in [-0.1, -0.05) is 33.1 Å². The smallest absolute Gasteiger partial charge is 0.239 e. The number of rotatable bonds is 5. The van der Waals surface area contributed by atoms with E-state index in [1.807, 2.05) is 10.7 Å². The van der Waals surface area contributed by atoms with Crippen LogP contribution >= 0.6 is 24.8 Å². The minimum absolute atomic E-state index is 0. The SMILES string of the molecule is CC1(C)CN(CC(=O)Nc2ccnn2CC2CCCCC2)CCC1N.Cl.Cl. The number of carbonyl (C=O) groups excluding carboxylic acids is 1. The molecule has 1 saturated heterocycles. The first-order valence-electron chi connectivity index (χ1n) is 9.73. The van der Waals surface area contributed by atoms with E-state index < -0.39 is 0 Å². The molecule has 0 bridgehead atoms. The van der Waals surface area contributed by atoms with Crippen molar-refractivity contribution >= 4 is 36.5 Å². The molecule has 0 aromatic carbocycles. The molecule has 1 aromatic heterocycles. The number of piperidine rings is 1. The van der Waals surface area contributed by atoms with Crippen molar-refractivity contribution in [3.8, 4) is 0 Å². The molecule has 1 aliphatic carbocycles. The summed E-state index contributed by atoms with van der Waals surface area (Å²) in [5.74, 6) is 1.55. The van der Waals surface area contributed by atoms with E-state index in [-0.39, 0.29) is 42.2 Å². The van der Waals surface area contributed by atoms with Crippen molar-refractivity contribution in [1.29, 1.82) is 0 Å². The quantitative estimate of drug-likeness (QED) is 0.767. The van der Waals surface area contributed by atoms with Gasteiger partial charge in [0.05, 0.1) is 12.7 Å². The van der Waals surface area contributed by atoms with Gasteiger partial charge in [-0.3, -0.25) is 9.69 Å². The highest BCUT2D eigenvalue weighted by molar-refractivity contribution is 5.91. The Labute approximate surface area is 175 Å². The lowest BCUT2D eigenvalue weighted by Gasteiger charge is -2.42.